The first kappa shape index (κ1) is 21.1. The van der Waals surface area contributed by atoms with E-state index in [4.69, 9.17) is 4.74 Å². The van der Waals surface area contributed by atoms with E-state index in [0.717, 1.165) is 45.2 Å². The number of ether oxygens (including phenoxy) is 1. The molecule has 2 aromatic carbocycles. The van der Waals surface area contributed by atoms with Crippen molar-refractivity contribution in [1.29, 1.82) is 0 Å². The van der Waals surface area contributed by atoms with Crippen molar-refractivity contribution in [1.82, 2.24) is 25.0 Å². The van der Waals surface area contributed by atoms with E-state index in [1.54, 1.807) is 19.8 Å². The number of rotatable bonds is 7. The summed E-state index contributed by atoms with van der Waals surface area (Å²) in [7, 11) is 3.62. The van der Waals surface area contributed by atoms with E-state index in [1.165, 1.54) is 22.3 Å². The van der Waals surface area contributed by atoms with E-state index in [9.17, 15) is 0 Å². The lowest BCUT2D eigenvalue weighted by Gasteiger charge is -2.22. The zero-order chi connectivity index (χ0) is 21.5. The molecular weight excluding hydrogens is 388 g/mol. The molecule has 0 radical (unpaired) electrons. The second-order valence-corrected chi connectivity index (χ2v) is 7.90. The molecule has 1 N–H and O–H groups in total. The van der Waals surface area contributed by atoms with Gasteiger partial charge in [-0.3, -0.25) is 4.99 Å². The van der Waals surface area contributed by atoms with Gasteiger partial charge >= 0.3 is 0 Å². The number of nitrogens with zero attached hydrogens (tertiary/aromatic N) is 5. The Hall–Kier alpha value is -3.19. The number of nitrogens with one attached hydrogen (secondary N) is 1. The molecule has 2 heterocycles. The summed E-state index contributed by atoms with van der Waals surface area (Å²) in [5.41, 5.74) is 4.89. The Balaban J connectivity index is 1.42. The van der Waals surface area contributed by atoms with Crippen molar-refractivity contribution >= 4 is 5.96 Å². The first-order valence-corrected chi connectivity index (χ1v) is 10.7. The number of benzene rings is 2. The Kier molecular flexibility index (Phi) is 6.94. The van der Waals surface area contributed by atoms with Crippen molar-refractivity contribution in [3.05, 3.63) is 72.3 Å². The molecule has 1 saturated heterocycles. The minimum atomic E-state index is 0.576. The van der Waals surface area contributed by atoms with E-state index >= 15 is 0 Å². The molecule has 7 heteroatoms. The lowest BCUT2D eigenvalue weighted by molar-refractivity contribution is 0.157. The number of aliphatic imine (C=N–C) groups is 1. The van der Waals surface area contributed by atoms with Gasteiger partial charge in [0.15, 0.2) is 5.96 Å². The van der Waals surface area contributed by atoms with Crippen molar-refractivity contribution in [3.63, 3.8) is 0 Å². The van der Waals surface area contributed by atoms with Crippen LogP contribution < -0.4 is 5.32 Å². The van der Waals surface area contributed by atoms with E-state index in [0.29, 0.717) is 5.92 Å². The van der Waals surface area contributed by atoms with Crippen LogP contribution in [-0.2, 0) is 17.8 Å². The predicted octanol–water partition coefficient (Wildman–Crippen LogP) is 3.04. The molecule has 7 nitrogen and oxygen atoms in total. The molecule has 1 fully saturated rings. The maximum absolute atomic E-state index is 5.32. The largest absolute Gasteiger partial charge is 0.384 e. The fourth-order valence-corrected chi connectivity index (χ4v) is 4.15. The van der Waals surface area contributed by atoms with Crippen molar-refractivity contribution in [3.8, 4) is 11.1 Å². The van der Waals surface area contributed by atoms with Crippen LogP contribution in [0.1, 0.15) is 17.5 Å². The third kappa shape index (κ3) is 5.30. The second-order valence-electron chi connectivity index (χ2n) is 7.90. The highest BCUT2D eigenvalue weighted by molar-refractivity contribution is 5.80. The minimum Gasteiger partial charge on any atom is -0.384 e. The van der Waals surface area contributed by atoms with Crippen LogP contribution in [-0.4, -0.2) is 59.5 Å². The van der Waals surface area contributed by atoms with Crippen LogP contribution in [0.5, 0.6) is 0 Å². The monoisotopic (exact) mass is 418 g/mol. The molecule has 1 aliphatic rings. The molecular formula is C24H30N6O. The van der Waals surface area contributed by atoms with Crippen LogP contribution in [0.3, 0.4) is 0 Å². The van der Waals surface area contributed by atoms with Gasteiger partial charge < -0.3 is 15.0 Å². The maximum Gasteiger partial charge on any atom is 0.193 e. The van der Waals surface area contributed by atoms with Crippen LogP contribution in [0.4, 0.5) is 0 Å². The molecule has 1 aromatic heterocycles. The number of aromatic nitrogens is 3. The van der Waals surface area contributed by atoms with Crippen LogP contribution in [0.25, 0.3) is 11.1 Å². The predicted molar refractivity (Wildman–Crippen MR) is 123 cm³/mol. The molecule has 3 aromatic rings. The van der Waals surface area contributed by atoms with Crippen molar-refractivity contribution in [2.45, 2.75) is 19.5 Å². The number of methoxy groups -OCH3 is 1. The molecule has 1 aliphatic heterocycles. The van der Waals surface area contributed by atoms with Gasteiger partial charge in [0.2, 0.25) is 0 Å². The van der Waals surface area contributed by atoms with Gasteiger partial charge in [-0.05, 0) is 28.7 Å². The number of guanidine groups is 1. The summed E-state index contributed by atoms with van der Waals surface area (Å²) >= 11 is 0. The van der Waals surface area contributed by atoms with Crippen molar-refractivity contribution in [2.75, 3.05) is 33.9 Å². The fourth-order valence-electron chi connectivity index (χ4n) is 4.15. The summed E-state index contributed by atoms with van der Waals surface area (Å²) in [6.45, 7) is 4.27. The molecule has 1 atom stereocenters. The Bertz CT molecular complexity index is 984. The van der Waals surface area contributed by atoms with Gasteiger partial charge in [0.1, 0.15) is 12.7 Å². The highest BCUT2D eigenvalue weighted by Crippen LogP contribution is 2.24. The summed E-state index contributed by atoms with van der Waals surface area (Å²) < 4.78 is 7.15. The smallest absolute Gasteiger partial charge is 0.193 e. The SMILES string of the molecule is CN=C(NCc1ccccc1-c1ccc(Cn2cncn2)cc1)N1CCC(COC)C1. The third-order valence-corrected chi connectivity index (χ3v) is 5.73. The third-order valence-electron chi connectivity index (χ3n) is 5.73. The Morgan fingerprint density at radius 2 is 2.03 bits per heavy atom. The lowest BCUT2D eigenvalue weighted by Crippen LogP contribution is -2.39. The van der Waals surface area contributed by atoms with Crippen molar-refractivity contribution < 1.29 is 4.74 Å². The molecule has 0 aliphatic carbocycles. The van der Waals surface area contributed by atoms with Gasteiger partial charge in [-0.25, -0.2) is 9.67 Å². The van der Waals surface area contributed by atoms with E-state index in [1.807, 2.05) is 11.7 Å². The normalized spacial score (nSPS) is 16.6. The topological polar surface area (TPSA) is 67.6 Å². The quantitative estimate of drug-likeness (QED) is 0.472. The van der Waals surface area contributed by atoms with Gasteiger partial charge in [-0.15, -0.1) is 0 Å². The average Bonchev–Trinajstić information content (AvgIpc) is 3.48. The molecule has 0 spiro atoms. The fraction of sp³-hybridized carbons (Fsp3) is 0.375. The lowest BCUT2D eigenvalue weighted by atomic mass is 9.98. The molecule has 4 rings (SSSR count). The van der Waals surface area contributed by atoms with Gasteiger partial charge in [-0.1, -0.05) is 48.5 Å². The van der Waals surface area contributed by atoms with E-state index < -0.39 is 0 Å². The summed E-state index contributed by atoms with van der Waals surface area (Å²) in [6, 6.07) is 17.2. The molecule has 31 heavy (non-hydrogen) atoms. The van der Waals surface area contributed by atoms with Crippen LogP contribution in [0, 0.1) is 5.92 Å². The van der Waals surface area contributed by atoms with Gasteiger partial charge in [0.05, 0.1) is 13.2 Å². The van der Waals surface area contributed by atoms with E-state index in [-0.39, 0.29) is 0 Å². The number of hydrogen-bond acceptors (Lipinski definition) is 4. The molecule has 1 unspecified atom stereocenters. The molecule has 0 bridgehead atoms. The molecule has 0 amide bonds. The highest BCUT2D eigenvalue weighted by atomic mass is 16.5. The van der Waals surface area contributed by atoms with Gasteiger partial charge in [-0.2, -0.15) is 5.10 Å². The van der Waals surface area contributed by atoms with Crippen LogP contribution >= 0.6 is 0 Å². The summed E-state index contributed by atoms with van der Waals surface area (Å²) in [6.07, 6.45) is 4.44. The maximum atomic E-state index is 5.32. The highest BCUT2D eigenvalue weighted by Gasteiger charge is 2.24. The van der Waals surface area contributed by atoms with Crippen molar-refractivity contribution in [2.24, 2.45) is 10.9 Å². The van der Waals surface area contributed by atoms with Gasteiger partial charge in [0, 0.05) is 39.7 Å². The first-order valence-electron chi connectivity index (χ1n) is 10.7. The number of likely N-dealkylation sites (tertiary alicyclic amines) is 1. The average molecular weight is 419 g/mol. The summed E-state index contributed by atoms with van der Waals surface area (Å²) in [5, 5.41) is 7.74. The van der Waals surface area contributed by atoms with Crippen LogP contribution in [0.2, 0.25) is 0 Å². The Labute approximate surface area is 183 Å². The second kappa shape index (κ2) is 10.2. The Morgan fingerprint density at radius 1 is 1.19 bits per heavy atom. The summed E-state index contributed by atoms with van der Waals surface area (Å²) in [4.78, 5) is 10.8. The molecule has 162 valence electrons. The molecule has 0 saturated carbocycles. The summed E-state index contributed by atoms with van der Waals surface area (Å²) in [5.74, 6) is 1.53. The number of hydrogen-bond donors (Lipinski definition) is 1. The Morgan fingerprint density at radius 3 is 2.77 bits per heavy atom. The zero-order valence-corrected chi connectivity index (χ0v) is 18.2. The zero-order valence-electron chi connectivity index (χ0n) is 18.2. The van der Waals surface area contributed by atoms with Crippen LogP contribution in [0.15, 0.2) is 66.2 Å². The first-order chi connectivity index (χ1) is 15.3. The standard InChI is InChI=1S/C24H30N6O/c1-25-24(29-12-11-20(14-29)16-31-2)27-13-22-5-3-4-6-23(22)21-9-7-19(8-10-21)15-30-18-26-17-28-30/h3-10,17-18,20H,11-16H2,1-2H3,(H,25,27). The minimum absolute atomic E-state index is 0.576. The van der Waals surface area contributed by atoms with Gasteiger partial charge in [0.25, 0.3) is 0 Å². The van der Waals surface area contributed by atoms with E-state index in [2.05, 4.69) is 73.8 Å².